The maximum absolute atomic E-state index is 12.7. The van der Waals surface area contributed by atoms with Gasteiger partial charge in [-0.2, -0.15) is 0 Å². The molecule has 3 rings (SSSR count). The smallest absolute Gasteiger partial charge is 0.297 e. The minimum absolute atomic E-state index is 0.201. The van der Waals surface area contributed by atoms with E-state index in [0.717, 1.165) is 17.7 Å². The second kappa shape index (κ2) is 9.47. The molecular formula is C21H24N4O3S. The number of aryl methyl sites for hydroxylation is 1. The van der Waals surface area contributed by atoms with Gasteiger partial charge in [-0.05, 0) is 41.8 Å². The van der Waals surface area contributed by atoms with E-state index in [4.69, 9.17) is 9.47 Å². The molecule has 0 unspecified atom stereocenters. The lowest BCUT2D eigenvalue weighted by Crippen LogP contribution is -2.24. The molecule has 29 heavy (non-hydrogen) atoms. The van der Waals surface area contributed by atoms with Gasteiger partial charge in [0.25, 0.3) is 5.56 Å². The third-order valence-electron chi connectivity index (χ3n) is 4.47. The monoisotopic (exact) mass is 412 g/mol. The van der Waals surface area contributed by atoms with Crippen LogP contribution in [0.1, 0.15) is 18.1 Å². The Balaban J connectivity index is 1.73. The van der Waals surface area contributed by atoms with Gasteiger partial charge in [0.1, 0.15) is 0 Å². The maximum atomic E-state index is 12.7. The summed E-state index contributed by atoms with van der Waals surface area (Å²) in [6, 6.07) is 13.6. The van der Waals surface area contributed by atoms with E-state index in [0.29, 0.717) is 22.4 Å². The van der Waals surface area contributed by atoms with E-state index >= 15 is 0 Å². The van der Waals surface area contributed by atoms with E-state index in [1.807, 2.05) is 42.5 Å². The molecule has 2 aromatic carbocycles. The fourth-order valence-electron chi connectivity index (χ4n) is 2.73. The molecule has 0 amide bonds. The number of anilines is 2. The normalized spacial score (nSPS) is 10.6. The van der Waals surface area contributed by atoms with Crippen molar-refractivity contribution in [2.24, 2.45) is 7.05 Å². The van der Waals surface area contributed by atoms with Crippen molar-refractivity contribution in [1.29, 1.82) is 0 Å². The standard InChI is InChI=1S/C21H24N4O3S/c1-5-14-6-9-16(10-7-14)22-19-20(26)25(2)21(24-23-19)29-13-15-8-11-17(27-3)18(12-15)28-4/h6-12H,5,13H2,1-4H3,(H,22,23). The third kappa shape index (κ3) is 4.89. The highest BCUT2D eigenvalue weighted by Gasteiger charge is 2.11. The molecule has 0 saturated carbocycles. The Bertz CT molecular complexity index is 1040. The molecule has 0 aliphatic carbocycles. The van der Waals surface area contributed by atoms with E-state index in [-0.39, 0.29) is 11.4 Å². The average molecular weight is 413 g/mol. The van der Waals surface area contributed by atoms with E-state index in [1.54, 1.807) is 21.3 Å². The SMILES string of the molecule is CCc1ccc(Nc2nnc(SCc3ccc(OC)c(OC)c3)n(C)c2=O)cc1. The summed E-state index contributed by atoms with van der Waals surface area (Å²) in [5, 5.41) is 11.9. The lowest BCUT2D eigenvalue weighted by Gasteiger charge is -2.11. The first-order chi connectivity index (χ1) is 14.0. The number of nitrogens with zero attached hydrogens (tertiary/aromatic N) is 3. The Labute approximate surface area is 174 Å². The number of thioether (sulfide) groups is 1. The maximum Gasteiger partial charge on any atom is 0.297 e. The number of methoxy groups -OCH3 is 2. The van der Waals surface area contributed by atoms with Gasteiger partial charge in [0.15, 0.2) is 16.7 Å². The molecule has 0 fully saturated rings. The predicted molar refractivity (Wildman–Crippen MR) is 115 cm³/mol. The van der Waals surface area contributed by atoms with Gasteiger partial charge in [0, 0.05) is 18.5 Å². The van der Waals surface area contributed by atoms with Crippen LogP contribution in [-0.2, 0) is 19.2 Å². The molecule has 0 saturated heterocycles. The van der Waals surface area contributed by atoms with Crippen LogP contribution in [0.3, 0.4) is 0 Å². The average Bonchev–Trinajstić information content (AvgIpc) is 2.76. The van der Waals surface area contributed by atoms with Crippen molar-refractivity contribution in [2.45, 2.75) is 24.3 Å². The van der Waals surface area contributed by atoms with Crippen molar-refractivity contribution in [1.82, 2.24) is 14.8 Å². The van der Waals surface area contributed by atoms with Crippen LogP contribution < -0.4 is 20.3 Å². The Morgan fingerprint density at radius 3 is 2.34 bits per heavy atom. The number of hydrogen-bond donors (Lipinski definition) is 1. The summed E-state index contributed by atoms with van der Waals surface area (Å²) < 4.78 is 12.1. The molecule has 0 aliphatic rings. The molecule has 0 radical (unpaired) electrons. The van der Waals surface area contributed by atoms with E-state index < -0.39 is 0 Å². The molecular weight excluding hydrogens is 388 g/mol. The second-order valence-corrected chi connectivity index (χ2v) is 7.29. The molecule has 0 atom stereocenters. The second-order valence-electron chi connectivity index (χ2n) is 6.35. The molecule has 0 bridgehead atoms. The highest BCUT2D eigenvalue weighted by Crippen LogP contribution is 2.30. The molecule has 152 valence electrons. The molecule has 8 heteroatoms. The highest BCUT2D eigenvalue weighted by molar-refractivity contribution is 7.98. The number of rotatable bonds is 8. The fraction of sp³-hybridized carbons (Fsp3) is 0.286. The van der Waals surface area contributed by atoms with Gasteiger partial charge in [-0.1, -0.05) is 36.9 Å². The van der Waals surface area contributed by atoms with Crippen LogP contribution >= 0.6 is 11.8 Å². The van der Waals surface area contributed by atoms with E-state index in [9.17, 15) is 4.79 Å². The van der Waals surface area contributed by atoms with Crippen molar-refractivity contribution < 1.29 is 9.47 Å². The van der Waals surface area contributed by atoms with Crippen molar-refractivity contribution in [3.63, 3.8) is 0 Å². The summed E-state index contributed by atoms with van der Waals surface area (Å²) in [6.45, 7) is 2.10. The first-order valence-corrected chi connectivity index (χ1v) is 10.2. The summed E-state index contributed by atoms with van der Waals surface area (Å²) in [6.07, 6.45) is 0.966. The van der Waals surface area contributed by atoms with Gasteiger partial charge in [-0.15, -0.1) is 10.2 Å². The van der Waals surface area contributed by atoms with Crippen LogP contribution in [0.25, 0.3) is 0 Å². The predicted octanol–water partition coefficient (Wildman–Crippen LogP) is 3.79. The van der Waals surface area contributed by atoms with Crippen LogP contribution in [0.4, 0.5) is 11.5 Å². The Kier molecular flexibility index (Phi) is 6.77. The van der Waals surface area contributed by atoms with Crippen LogP contribution in [-0.4, -0.2) is 29.0 Å². The van der Waals surface area contributed by atoms with Gasteiger partial charge in [-0.25, -0.2) is 0 Å². The molecule has 0 spiro atoms. The zero-order chi connectivity index (χ0) is 20.8. The zero-order valence-electron chi connectivity index (χ0n) is 16.9. The van der Waals surface area contributed by atoms with Gasteiger partial charge in [0.05, 0.1) is 14.2 Å². The van der Waals surface area contributed by atoms with E-state index in [2.05, 4.69) is 22.4 Å². The lowest BCUT2D eigenvalue weighted by molar-refractivity contribution is 0.354. The summed E-state index contributed by atoms with van der Waals surface area (Å²) in [5.41, 5.74) is 2.84. The van der Waals surface area contributed by atoms with E-state index in [1.165, 1.54) is 21.9 Å². The molecule has 0 aliphatic heterocycles. The molecule has 1 aromatic heterocycles. The zero-order valence-corrected chi connectivity index (χ0v) is 17.7. The summed E-state index contributed by atoms with van der Waals surface area (Å²) in [4.78, 5) is 12.7. The number of benzene rings is 2. The van der Waals surface area contributed by atoms with Gasteiger partial charge in [0.2, 0.25) is 5.82 Å². The molecule has 1 heterocycles. The van der Waals surface area contributed by atoms with Crippen molar-refractivity contribution in [3.8, 4) is 11.5 Å². The Morgan fingerprint density at radius 1 is 1.00 bits per heavy atom. The Morgan fingerprint density at radius 2 is 1.69 bits per heavy atom. The fourth-order valence-corrected chi connectivity index (χ4v) is 3.58. The van der Waals surface area contributed by atoms with Crippen LogP contribution in [0.5, 0.6) is 11.5 Å². The minimum atomic E-state index is -0.227. The van der Waals surface area contributed by atoms with Crippen LogP contribution in [0, 0.1) is 0 Å². The largest absolute Gasteiger partial charge is 0.493 e. The number of nitrogens with one attached hydrogen (secondary N) is 1. The Hall–Kier alpha value is -3.00. The van der Waals surface area contributed by atoms with Crippen molar-refractivity contribution in [3.05, 3.63) is 63.9 Å². The highest BCUT2D eigenvalue weighted by atomic mass is 32.2. The first kappa shape index (κ1) is 20.7. The molecule has 3 aromatic rings. The lowest BCUT2D eigenvalue weighted by atomic mass is 10.1. The summed E-state index contributed by atoms with van der Waals surface area (Å²) >= 11 is 1.43. The number of ether oxygens (including phenoxy) is 2. The summed E-state index contributed by atoms with van der Waals surface area (Å²) in [7, 11) is 4.90. The minimum Gasteiger partial charge on any atom is -0.493 e. The van der Waals surface area contributed by atoms with Gasteiger partial charge in [-0.3, -0.25) is 9.36 Å². The quantitative estimate of drug-likeness (QED) is 0.564. The first-order valence-electron chi connectivity index (χ1n) is 9.19. The van der Waals surface area contributed by atoms with Crippen molar-refractivity contribution in [2.75, 3.05) is 19.5 Å². The van der Waals surface area contributed by atoms with Crippen LogP contribution in [0.2, 0.25) is 0 Å². The molecule has 1 N–H and O–H groups in total. The van der Waals surface area contributed by atoms with Crippen LogP contribution in [0.15, 0.2) is 52.4 Å². The topological polar surface area (TPSA) is 78.3 Å². The van der Waals surface area contributed by atoms with Gasteiger partial charge >= 0.3 is 0 Å². The van der Waals surface area contributed by atoms with Crippen molar-refractivity contribution >= 4 is 23.3 Å². The number of aromatic nitrogens is 3. The van der Waals surface area contributed by atoms with Gasteiger partial charge < -0.3 is 14.8 Å². The summed E-state index contributed by atoms with van der Waals surface area (Å²) in [5.74, 6) is 2.16. The third-order valence-corrected chi connectivity index (χ3v) is 5.56. The number of hydrogen-bond acceptors (Lipinski definition) is 7. The molecule has 7 nitrogen and oxygen atoms in total.